The first-order chi connectivity index (χ1) is 13.5. The highest BCUT2D eigenvalue weighted by Gasteiger charge is 2.42. The molecule has 6 heteroatoms. The van der Waals surface area contributed by atoms with Crippen molar-refractivity contribution in [3.63, 3.8) is 0 Å². The summed E-state index contributed by atoms with van der Waals surface area (Å²) in [4.78, 5) is 14.0. The number of aromatic hydroxyl groups is 1. The van der Waals surface area contributed by atoms with Crippen molar-refractivity contribution in [2.24, 2.45) is 5.92 Å². The van der Waals surface area contributed by atoms with Crippen LogP contribution in [0.4, 0.5) is 0 Å². The number of aliphatic carboxylic acids is 1. The predicted octanol–water partition coefficient (Wildman–Crippen LogP) is 3.81. The predicted molar refractivity (Wildman–Crippen MR) is 107 cm³/mol. The summed E-state index contributed by atoms with van der Waals surface area (Å²) >= 11 is 6.18. The number of benzene rings is 2. The molecule has 4 rings (SSSR count). The van der Waals surface area contributed by atoms with Crippen LogP contribution in [0.5, 0.6) is 5.75 Å². The van der Waals surface area contributed by atoms with Gasteiger partial charge < -0.3 is 19.8 Å². The number of phenolic OH excluding ortho intramolecular Hbond substituents is 1. The zero-order valence-electron chi connectivity index (χ0n) is 15.6. The molecule has 0 bridgehead atoms. The van der Waals surface area contributed by atoms with Crippen LogP contribution in [-0.2, 0) is 28.2 Å². The van der Waals surface area contributed by atoms with E-state index in [-0.39, 0.29) is 11.4 Å². The molecule has 2 N–H and O–H groups in total. The van der Waals surface area contributed by atoms with Gasteiger partial charge in [0.05, 0.1) is 18.1 Å². The standard InChI is InChI=1S/C22H24ClNO4/c23-20-6-5-18(25)12-16(20)11-17(21(26)27)13-24-9-7-22(8-10-24)19-4-2-1-3-15(19)14-28-22/h1-6,12,17,25H,7-11,13-14H2,(H,26,27). The lowest BCUT2D eigenvalue weighted by Crippen LogP contribution is -2.45. The summed E-state index contributed by atoms with van der Waals surface area (Å²) in [6.45, 7) is 2.71. The average molecular weight is 402 g/mol. The number of fused-ring (bicyclic) bond motifs is 2. The number of nitrogens with zero attached hydrogens (tertiary/aromatic N) is 1. The maximum atomic E-state index is 11.8. The third-order valence-corrected chi connectivity index (χ3v) is 6.37. The molecule has 148 valence electrons. The third-order valence-electron chi connectivity index (χ3n) is 6.00. The third kappa shape index (κ3) is 3.75. The minimum Gasteiger partial charge on any atom is -0.508 e. The molecular formula is C22H24ClNO4. The summed E-state index contributed by atoms with van der Waals surface area (Å²) in [7, 11) is 0. The smallest absolute Gasteiger partial charge is 0.308 e. The van der Waals surface area contributed by atoms with Crippen LogP contribution >= 0.6 is 11.6 Å². The minimum absolute atomic E-state index is 0.0977. The van der Waals surface area contributed by atoms with E-state index in [9.17, 15) is 15.0 Å². The molecule has 1 unspecified atom stereocenters. The van der Waals surface area contributed by atoms with E-state index < -0.39 is 11.9 Å². The number of hydrogen-bond donors (Lipinski definition) is 2. The van der Waals surface area contributed by atoms with Crippen LogP contribution in [0, 0.1) is 5.92 Å². The molecule has 5 nitrogen and oxygen atoms in total. The number of rotatable bonds is 5. The Labute approximate surface area is 169 Å². The SMILES string of the molecule is O=C(O)C(Cc1cc(O)ccc1Cl)CN1CCC2(CC1)OCc1ccccc12. The van der Waals surface area contributed by atoms with Gasteiger partial charge in [0.2, 0.25) is 0 Å². The molecule has 0 amide bonds. The van der Waals surface area contributed by atoms with Gasteiger partial charge in [-0.05, 0) is 54.2 Å². The quantitative estimate of drug-likeness (QED) is 0.797. The van der Waals surface area contributed by atoms with Crippen LogP contribution in [0.15, 0.2) is 42.5 Å². The van der Waals surface area contributed by atoms with Gasteiger partial charge in [-0.1, -0.05) is 35.9 Å². The second-order valence-electron chi connectivity index (χ2n) is 7.76. The van der Waals surface area contributed by atoms with E-state index in [1.807, 2.05) is 6.07 Å². The molecule has 2 aliphatic heterocycles. The average Bonchev–Trinajstić information content (AvgIpc) is 3.04. The Morgan fingerprint density at radius 3 is 2.71 bits per heavy atom. The van der Waals surface area contributed by atoms with Crippen LogP contribution in [0.2, 0.25) is 5.02 Å². The number of likely N-dealkylation sites (tertiary alicyclic amines) is 1. The summed E-state index contributed by atoms with van der Waals surface area (Å²) in [6, 6.07) is 13.0. The highest BCUT2D eigenvalue weighted by atomic mass is 35.5. The zero-order valence-corrected chi connectivity index (χ0v) is 16.4. The van der Waals surface area contributed by atoms with Gasteiger partial charge in [0.15, 0.2) is 0 Å². The van der Waals surface area contributed by atoms with Crippen molar-refractivity contribution in [3.8, 4) is 5.75 Å². The Morgan fingerprint density at radius 2 is 1.96 bits per heavy atom. The Balaban J connectivity index is 1.42. The van der Waals surface area contributed by atoms with E-state index in [1.165, 1.54) is 17.2 Å². The Hall–Kier alpha value is -2.08. The monoisotopic (exact) mass is 401 g/mol. The van der Waals surface area contributed by atoms with Crippen LogP contribution in [0.3, 0.4) is 0 Å². The van der Waals surface area contributed by atoms with E-state index in [4.69, 9.17) is 16.3 Å². The molecule has 1 spiro atoms. The van der Waals surface area contributed by atoms with Crippen molar-refractivity contribution in [1.29, 1.82) is 0 Å². The lowest BCUT2D eigenvalue weighted by atomic mass is 9.83. The Kier molecular flexibility index (Phi) is 5.32. The van der Waals surface area contributed by atoms with Crippen LogP contribution < -0.4 is 0 Å². The van der Waals surface area contributed by atoms with Gasteiger partial charge in [0.25, 0.3) is 0 Å². The minimum atomic E-state index is -0.845. The van der Waals surface area contributed by atoms with Crippen molar-refractivity contribution in [1.82, 2.24) is 4.90 Å². The molecule has 0 saturated carbocycles. The Morgan fingerprint density at radius 1 is 1.21 bits per heavy atom. The normalized spacial score (nSPS) is 19.5. The van der Waals surface area contributed by atoms with Gasteiger partial charge in [0, 0.05) is 24.7 Å². The van der Waals surface area contributed by atoms with Crippen LogP contribution in [0.1, 0.15) is 29.5 Å². The van der Waals surface area contributed by atoms with Gasteiger partial charge in [-0.3, -0.25) is 4.79 Å². The van der Waals surface area contributed by atoms with Crippen molar-refractivity contribution in [3.05, 3.63) is 64.2 Å². The first-order valence-corrected chi connectivity index (χ1v) is 9.99. The number of phenols is 1. The molecule has 2 heterocycles. The van der Waals surface area contributed by atoms with Gasteiger partial charge in [0.1, 0.15) is 5.75 Å². The summed E-state index contributed by atoms with van der Waals surface area (Å²) in [5.41, 5.74) is 2.99. The topological polar surface area (TPSA) is 70.0 Å². The van der Waals surface area contributed by atoms with E-state index in [0.29, 0.717) is 30.2 Å². The number of ether oxygens (including phenoxy) is 1. The molecule has 0 aromatic heterocycles. The number of carboxylic acids is 1. The summed E-state index contributed by atoms with van der Waals surface area (Å²) in [6.07, 6.45) is 2.02. The van der Waals surface area contributed by atoms with Gasteiger partial charge in [-0.2, -0.15) is 0 Å². The molecule has 1 atom stereocenters. The van der Waals surface area contributed by atoms with E-state index >= 15 is 0 Å². The van der Waals surface area contributed by atoms with Crippen molar-refractivity contribution >= 4 is 17.6 Å². The lowest BCUT2D eigenvalue weighted by Gasteiger charge is -2.40. The first kappa shape index (κ1) is 19.2. The van der Waals surface area contributed by atoms with E-state index in [2.05, 4.69) is 23.1 Å². The number of piperidine rings is 1. The second kappa shape index (κ2) is 7.74. The fourth-order valence-corrected chi connectivity index (χ4v) is 4.61. The Bertz CT molecular complexity index is 877. The maximum absolute atomic E-state index is 11.8. The largest absolute Gasteiger partial charge is 0.508 e. The molecule has 1 fully saturated rings. The van der Waals surface area contributed by atoms with Gasteiger partial charge in [-0.15, -0.1) is 0 Å². The molecule has 2 aromatic rings. The molecule has 1 saturated heterocycles. The molecule has 2 aromatic carbocycles. The number of carbonyl (C=O) groups is 1. The number of carboxylic acid groups (broad SMARTS) is 1. The van der Waals surface area contributed by atoms with Crippen molar-refractivity contribution < 1.29 is 19.7 Å². The second-order valence-corrected chi connectivity index (χ2v) is 8.16. The van der Waals surface area contributed by atoms with Gasteiger partial charge >= 0.3 is 5.97 Å². The lowest BCUT2D eigenvalue weighted by molar-refractivity contribution is -0.143. The molecule has 28 heavy (non-hydrogen) atoms. The van der Waals surface area contributed by atoms with Gasteiger partial charge in [-0.25, -0.2) is 0 Å². The number of hydrogen-bond acceptors (Lipinski definition) is 4. The van der Waals surface area contributed by atoms with Crippen LogP contribution in [-0.4, -0.2) is 40.7 Å². The fraction of sp³-hybridized carbons (Fsp3) is 0.409. The van der Waals surface area contributed by atoms with E-state index in [1.54, 1.807) is 12.1 Å². The number of halogens is 1. The molecule has 0 radical (unpaired) electrons. The fourth-order valence-electron chi connectivity index (χ4n) is 4.42. The first-order valence-electron chi connectivity index (χ1n) is 9.62. The highest BCUT2D eigenvalue weighted by Crippen LogP contribution is 2.44. The highest BCUT2D eigenvalue weighted by molar-refractivity contribution is 6.31. The van der Waals surface area contributed by atoms with Crippen molar-refractivity contribution in [2.45, 2.75) is 31.5 Å². The maximum Gasteiger partial charge on any atom is 0.308 e. The molecular weight excluding hydrogens is 378 g/mol. The summed E-state index contributed by atoms with van der Waals surface area (Å²) < 4.78 is 6.19. The zero-order chi connectivity index (χ0) is 19.7. The van der Waals surface area contributed by atoms with E-state index in [0.717, 1.165) is 25.9 Å². The van der Waals surface area contributed by atoms with Crippen molar-refractivity contribution in [2.75, 3.05) is 19.6 Å². The molecule has 2 aliphatic rings. The van der Waals surface area contributed by atoms with Crippen LogP contribution in [0.25, 0.3) is 0 Å². The summed E-state index contributed by atoms with van der Waals surface area (Å²) in [5, 5.41) is 19.9. The molecule has 0 aliphatic carbocycles. The summed E-state index contributed by atoms with van der Waals surface area (Å²) in [5.74, 6) is -1.33.